The van der Waals surface area contributed by atoms with E-state index in [9.17, 15) is 9.59 Å². The highest BCUT2D eigenvalue weighted by atomic mass is 35.5. The van der Waals surface area contributed by atoms with E-state index in [1.807, 2.05) is 0 Å². The van der Waals surface area contributed by atoms with Crippen LogP contribution < -0.4 is 9.64 Å². The van der Waals surface area contributed by atoms with E-state index in [2.05, 4.69) is 4.74 Å². The van der Waals surface area contributed by atoms with Crippen LogP contribution in [0.2, 0.25) is 0 Å². The second-order valence-corrected chi connectivity index (χ2v) is 4.80. The maximum atomic E-state index is 11.8. The third-order valence-electron chi connectivity index (χ3n) is 2.97. The number of anilines is 1. The fourth-order valence-electron chi connectivity index (χ4n) is 2.04. The van der Waals surface area contributed by atoms with Crippen LogP contribution >= 0.6 is 11.6 Å². The fraction of sp³-hybridized carbons (Fsp3) is 0.385. The highest BCUT2D eigenvalue weighted by molar-refractivity contribution is 6.24. The summed E-state index contributed by atoms with van der Waals surface area (Å²) in [6.45, 7) is 0.439. The molecule has 1 atom stereocenters. The average molecular weight is 284 g/mol. The fourth-order valence-corrected chi connectivity index (χ4v) is 2.31. The van der Waals surface area contributed by atoms with Crippen molar-refractivity contribution in [2.24, 2.45) is 0 Å². The summed E-state index contributed by atoms with van der Waals surface area (Å²) in [5.74, 6) is -0.0565. The lowest BCUT2D eigenvalue weighted by atomic mass is 10.1. The van der Waals surface area contributed by atoms with Crippen LogP contribution in [0.25, 0.3) is 0 Å². The number of ether oxygens (including phenoxy) is 2. The lowest BCUT2D eigenvalue weighted by Crippen LogP contribution is -2.25. The van der Waals surface area contributed by atoms with Gasteiger partial charge < -0.3 is 14.4 Å². The SMILES string of the molecule is COC(=O)c1ccc(N2CC(Cl)CC2=O)c(OC)c1. The minimum Gasteiger partial charge on any atom is -0.495 e. The first-order valence-corrected chi connectivity index (χ1v) is 6.21. The molecular formula is C13H14ClNO4. The molecule has 0 spiro atoms. The van der Waals surface area contributed by atoms with Crippen LogP contribution in [-0.2, 0) is 9.53 Å². The number of esters is 1. The molecule has 1 unspecified atom stereocenters. The summed E-state index contributed by atoms with van der Waals surface area (Å²) in [7, 11) is 2.80. The molecule has 1 aliphatic heterocycles. The predicted molar refractivity (Wildman–Crippen MR) is 70.9 cm³/mol. The Morgan fingerprint density at radius 2 is 2.16 bits per heavy atom. The van der Waals surface area contributed by atoms with E-state index in [1.54, 1.807) is 23.1 Å². The first kappa shape index (κ1) is 13.7. The van der Waals surface area contributed by atoms with Crippen molar-refractivity contribution in [2.45, 2.75) is 11.8 Å². The van der Waals surface area contributed by atoms with Gasteiger partial charge >= 0.3 is 5.97 Å². The van der Waals surface area contributed by atoms with Crippen LogP contribution in [0.5, 0.6) is 5.75 Å². The van der Waals surface area contributed by atoms with E-state index in [4.69, 9.17) is 16.3 Å². The molecule has 0 radical (unpaired) electrons. The number of nitrogens with zero attached hydrogens (tertiary/aromatic N) is 1. The molecule has 1 aromatic rings. The molecule has 1 heterocycles. The van der Waals surface area contributed by atoms with Crippen molar-refractivity contribution >= 4 is 29.2 Å². The molecular weight excluding hydrogens is 270 g/mol. The number of carbonyl (C=O) groups is 2. The van der Waals surface area contributed by atoms with Gasteiger partial charge in [-0.1, -0.05) is 0 Å². The molecule has 1 aromatic carbocycles. The number of amides is 1. The van der Waals surface area contributed by atoms with Crippen molar-refractivity contribution < 1.29 is 19.1 Å². The number of rotatable bonds is 3. The zero-order valence-corrected chi connectivity index (χ0v) is 11.4. The molecule has 0 aromatic heterocycles. The van der Waals surface area contributed by atoms with Crippen molar-refractivity contribution in [1.82, 2.24) is 0 Å². The third-order valence-corrected chi connectivity index (χ3v) is 3.26. The maximum absolute atomic E-state index is 11.8. The van der Waals surface area contributed by atoms with Gasteiger partial charge in [0.25, 0.3) is 0 Å². The Morgan fingerprint density at radius 3 is 2.68 bits per heavy atom. The molecule has 5 nitrogen and oxygen atoms in total. The van der Waals surface area contributed by atoms with Gasteiger partial charge in [-0.15, -0.1) is 11.6 Å². The van der Waals surface area contributed by atoms with Gasteiger partial charge in [-0.25, -0.2) is 4.79 Å². The average Bonchev–Trinajstić information content (AvgIpc) is 2.75. The molecule has 1 fully saturated rings. The molecule has 102 valence electrons. The summed E-state index contributed by atoms with van der Waals surface area (Å²) in [4.78, 5) is 24.8. The quantitative estimate of drug-likeness (QED) is 0.627. The van der Waals surface area contributed by atoms with Crippen molar-refractivity contribution in [2.75, 3.05) is 25.7 Å². The molecule has 19 heavy (non-hydrogen) atoms. The number of halogens is 1. The van der Waals surface area contributed by atoms with Gasteiger partial charge in [0.05, 0.1) is 30.8 Å². The van der Waals surface area contributed by atoms with Gasteiger partial charge in [0, 0.05) is 13.0 Å². The Balaban J connectivity index is 2.36. The lowest BCUT2D eigenvalue weighted by molar-refractivity contribution is -0.117. The van der Waals surface area contributed by atoms with Crippen LogP contribution in [-0.4, -0.2) is 38.0 Å². The molecule has 1 amide bonds. The molecule has 6 heteroatoms. The minimum absolute atomic E-state index is 0.0517. The van der Waals surface area contributed by atoms with Crippen LogP contribution in [0.15, 0.2) is 18.2 Å². The number of hydrogen-bond donors (Lipinski definition) is 0. The smallest absolute Gasteiger partial charge is 0.337 e. The summed E-state index contributed by atoms with van der Waals surface area (Å²) in [5.41, 5.74) is 0.987. The van der Waals surface area contributed by atoms with Gasteiger partial charge in [0.15, 0.2) is 0 Å². The Bertz CT molecular complexity index is 517. The van der Waals surface area contributed by atoms with Crippen molar-refractivity contribution in [1.29, 1.82) is 0 Å². The summed E-state index contributed by atoms with van der Waals surface area (Å²) in [5, 5.41) is -0.197. The van der Waals surface area contributed by atoms with Crippen molar-refractivity contribution in [3.63, 3.8) is 0 Å². The Morgan fingerprint density at radius 1 is 1.42 bits per heavy atom. The molecule has 1 saturated heterocycles. The summed E-state index contributed by atoms with van der Waals surface area (Å²) < 4.78 is 9.88. The minimum atomic E-state index is -0.451. The molecule has 0 saturated carbocycles. The van der Waals surface area contributed by atoms with Crippen LogP contribution in [0.3, 0.4) is 0 Å². The van der Waals surface area contributed by atoms with Gasteiger partial charge in [-0.2, -0.15) is 0 Å². The summed E-state index contributed by atoms with van der Waals surface area (Å²) in [6.07, 6.45) is 0.309. The highest BCUT2D eigenvalue weighted by Crippen LogP contribution is 2.33. The first-order valence-electron chi connectivity index (χ1n) is 5.77. The number of benzene rings is 1. The van der Waals surface area contributed by atoms with Gasteiger partial charge in [-0.05, 0) is 18.2 Å². The maximum Gasteiger partial charge on any atom is 0.337 e. The van der Waals surface area contributed by atoms with Crippen molar-refractivity contribution in [3.05, 3.63) is 23.8 Å². The van der Waals surface area contributed by atoms with E-state index in [-0.39, 0.29) is 11.3 Å². The van der Waals surface area contributed by atoms with E-state index >= 15 is 0 Å². The van der Waals surface area contributed by atoms with E-state index in [0.717, 1.165) is 0 Å². The molecule has 0 aliphatic carbocycles. The van der Waals surface area contributed by atoms with Crippen LogP contribution in [0.1, 0.15) is 16.8 Å². The predicted octanol–water partition coefficient (Wildman–Crippen LogP) is 1.83. The topological polar surface area (TPSA) is 55.8 Å². The molecule has 0 bridgehead atoms. The largest absolute Gasteiger partial charge is 0.495 e. The number of methoxy groups -OCH3 is 2. The second-order valence-electron chi connectivity index (χ2n) is 4.18. The monoisotopic (exact) mass is 283 g/mol. The standard InChI is InChI=1S/C13H14ClNO4/c1-18-11-5-8(13(17)19-2)3-4-10(11)15-7-9(14)6-12(15)16/h3-5,9H,6-7H2,1-2H3. The number of carbonyl (C=O) groups excluding carboxylic acids is 2. The second kappa shape index (κ2) is 5.48. The van der Waals surface area contributed by atoms with E-state index in [1.165, 1.54) is 14.2 Å². The van der Waals surface area contributed by atoms with Crippen molar-refractivity contribution in [3.8, 4) is 5.75 Å². The Hall–Kier alpha value is -1.75. The third kappa shape index (κ3) is 2.66. The zero-order valence-electron chi connectivity index (χ0n) is 10.7. The summed E-state index contributed by atoms with van der Waals surface area (Å²) in [6, 6.07) is 4.81. The van der Waals surface area contributed by atoms with Crippen LogP contribution in [0, 0.1) is 0 Å². The molecule has 1 aliphatic rings. The van der Waals surface area contributed by atoms with E-state index < -0.39 is 5.97 Å². The zero-order chi connectivity index (χ0) is 14.0. The summed E-state index contributed by atoms with van der Waals surface area (Å²) >= 11 is 5.97. The van der Waals surface area contributed by atoms with Gasteiger partial charge in [-0.3, -0.25) is 4.79 Å². The van der Waals surface area contributed by atoms with Gasteiger partial charge in [0.1, 0.15) is 5.75 Å². The highest BCUT2D eigenvalue weighted by Gasteiger charge is 2.31. The molecule has 2 rings (SSSR count). The van der Waals surface area contributed by atoms with E-state index in [0.29, 0.717) is 30.0 Å². The lowest BCUT2D eigenvalue weighted by Gasteiger charge is -2.19. The molecule has 0 N–H and O–H groups in total. The van der Waals surface area contributed by atoms with Crippen LogP contribution in [0.4, 0.5) is 5.69 Å². The Labute approximate surface area is 116 Å². The first-order chi connectivity index (χ1) is 9.06. The normalized spacial score (nSPS) is 18.6. The number of alkyl halides is 1. The number of hydrogen-bond acceptors (Lipinski definition) is 4. The van der Waals surface area contributed by atoms with Gasteiger partial charge in [0.2, 0.25) is 5.91 Å². The Kier molecular flexibility index (Phi) is 3.95.